The van der Waals surface area contributed by atoms with Crippen molar-refractivity contribution < 1.29 is 18.3 Å². The molecule has 1 aromatic rings. The first-order valence-corrected chi connectivity index (χ1v) is 7.10. The monoisotopic (exact) mass is 325 g/mol. The van der Waals surface area contributed by atoms with Crippen LogP contribution in [0.25, 0.3) is 0 Å². The van der Waals surface area contributed by atoms with Crippen LogP contribution in [0.1, 0.15) is 51.7 Å². The number of nitrogens with one attached hydrogen (secondary N) is 1. The van der Waals surface area contributed by atoms with Gasteiger partial charge in [0.15, 0.2) is 0 Å². The Morgan fingerprint density at radius 3 is 2.70 bits per heavy atom. The van der Waals surface area contributed by atoms with E-state index in [1.165, 1.54) is 12.3 Å². The number of alkyl carbamates (subject to hydrolysis) is 1. The quantitative estimate of drug-likeness (QED) is 0.836. The summed E-state index contributed by atoms with van der Waals surface area (Å²) in [6.45, 7) is 7.08. The average Bonchev–Trinajstić information content (AvgIpc) is 2.37. The number of ether oxygens (including phenoxy) is 1. The molecule has 23 heavy (non-hydrogen) atoms. The largest absolute Gasteiger partial charge is 0.444 e. The van der Waals surface area contributed by atoms with Gasteiger partial charge in [-0.2, -0.15) is 0 Å². The van der Waals surface area contributed by atoms with Crippen molar-refractivity contribution in [1.29, 1.82) is 0 Å². The second kappa shape index (κ2) is 7.77. The molecule has 0 saturated heterocycles. The summed E-state index contributed by atoms with van der Waals surface area (Å²) in [5, 5.41) is 2.64. The molecule has 1 atom stereocenters. The van der Waals surface area contributed by atoms with Gasteiger partial charge in [0.25, 0.3) is 6.43 Å². The topological polar surface area (TPSA) is 77.2 Å². The highest BCUT2D eigenvalue weighted by Crippen LogP contribution is 2.23. The van der Waals surface area contributed by atoms with Crippen molar-refractivity contribution in [2.24, 2.45) is 0 Å². The highest BCUT2D eigenvalue weighted by molar-refractivity contribution is 5.68. The minimum atomic E-state index is -2.70. The number of nitrogens with two attached hydrogens (primary N) is 1. The Balaban J connectivity index is 2.61. The second-order valence-corrected chi connectivity index (χ2v) is 6.05. The lowest BCUT2D eigenvalue weighted by atomic mass is 10.1. The summed E-state index contributed by atoms with van der Waals surface area (Å²) in [4.78, 5) is 15.3. The van der Waals surface area contributed by atoms with Crippen LogP contribution in [0.15, 0.2) is 12.3 Å². The van der Waals surface area contributed by atoms with Crippen LogP contribution in [-0.2, 0) is 4.74 Å². The summed E-state index contributed by atoms with van der Waals surface area (Å²) in [5.74, 6) is 5.33. The lowest BCUT2D eigenvalue weighted by Gasteiger charge is -2.21. The molecule has 0 aliphatic rings. The molecule has 0 bridgehead atoms. The zero-order valence-electron chi connectivity index (χ0n) is 13.6. The number of nitrogen functional groups attached to an aromatic ring is 1. The maximum Gasteiger partial charge on any atom is 0.407 e. The van der Waals surface area contributed by atoms with Gasteiger partial charge in [0, 0.05) is 24.2 Å². The molecule has 5 nitrogen and oxygen atoms in total. The molecule has 1 heterocycles. The molecule has 0 saturated carbocycles. The van der Waals surface area contributed by atoms with Gasteiger partial charge in [-0.05, 0) is 33.8 Å². The zero-order chi connectivity index (χ0) is 17.6. The Labute approximate surface area is 134 Å². The van der Waals surface area contributed by atoms with Gasteiger partial charge in [-0.1, -0.05) is 11.8 Å². The van der Waals surface area contributed by atoms with Gasteiger partial charge < -0.3 is 15.8 Å². The number of rotatable bonds is 3. The number of hydrogen-bond acceptors (Lipinski definition) is 4. The van der Waals surface area contributed by atoms with E-state index in [2.05, 4.69) is 22.1 Å². The summed E-state index contributed by atoms with van der Waals surface area (Å²) >= 11 is 0. The zero-order valence-corrected chi connectivity index (χ0v) is 13.6. The number of carbonyl (C=O) groups excluding carboxylic acids is 1. The van der Waals surface area contributed by atoms with Crippen LogP contribution in [0.2, 0.25) is 0 Å². The molecule has 1 amide bonds. The third-order valence-corrected chi connectivity index (χ3v) is 2.59. The van der Waals surface area contributed by atoms with E-state index >= 15 is 0 Å². The van der Waals surface area contributed by atoms with Crippen LogP contribution in [0.4, 0.5) is 19.4 Å². The Hall–Kier alpha value is -2.36. The molecule has 0 aliphatic carbocycles. The first-order valence-electron chi connectivity index (χ1n) is 7.10. The van der Waals surface area contributed by atoms with Crippen molar-refractivity contribution in [3.63, 3.8) is 0 Å². The number of anilines is 1. The number of halogens is 2. The predicted molar refractivity (Wildman–Crippen MR) is 83.9 cm³/mol. The first kappa shape index (κ1) is 18.7. The standard InChI is InChI=1S/C16H21F2N3O2/c1-10(21-15(22)23-16(2,3)4)6-5-7-11-8-12(13(17)18)14(19)20-9-11/h8-10,13H,6H2,1-4H3,(H2,19,20)(H,21,22)/t10-/m0/s1. The van der Waals surface area contributed by atoms with Crippen molar-refractivity contribution in [2.75, 3.05) is 5.73 Å². The third kappa shape index (κ3) is 6.96. The van der Waals surface area contributed by atoms with Gasteiger partial charge in [0.05, 0.1) is 5.56 Å². The van der Waals surface area contributed by atoms with Gasteiger partial charge in [-0.3, -0.25) is 0 Å². The van der Waals surface area contributed by atoms with Crippen LogP contribution in [0, 0.1) is 11.8 Å². The molecular formula is C16H21F2N3O2. The third-order valence-electron chi connectivity index (χ3n) is 2.59. The summed E-state index contributed by atoms with van der Waals surface area (Å²) in [5.41, 5.74) is 4.81. The SMILES string of the molecule is C[C@@H](CC#Cc1cnc(N)c(C(F)F)c1)NC(=O)OC(C)(C)C. The highest BCUT2D eigenvalue weighted by Gasteiger charge is 2.17. The normalized spacial score (nSPS) is 12.3. The highest BCUT2D eigenvalue weighted by atomic mass is 19.3. The molecule has 7 heteroatoms. The van der Waals surface area contributed by atoms with Crippen LogP contribution in [0.3, 0.4) is 0 Å². The second-order valence-electron chi connectivity index (χ2n) is 6.05. The van der Waals surface area contributed by atoms with Crippen LogP contribution < -0.4 is 11.1 Å². The Kier molecular flexibility index (Phi) is 6.31. The van der Waals surface area contributed by atoms with E-state index in [9.17, 15) is 13.6 Å². The maximum absolute atomic E-state index is 12.7. The fourth-order valence-corrected chi connectivity index (χ4v) is 1.60. The van der Waals surface area contributed by atoms with Crippen LogP contribution in [-0.4, -0.2) is 22.7 Å². The summed E-state index contributed by atoms with van der Waals surface area (Å²) < 4.78 is 30.5. The molecule has 0 spiro atoms. The minimum absolute atomic E-state index is 0.203. The molecule has 126 valence electrons. The number of alkyl halides is 2. The van der Waals surface area contributed by atoms with Crippen molar-refractivity contribution in [3.05, 3.63) is 23.4 Å². The molecule has 3 N–H and O–H groups in total. The van der Waals surface area contributed by atoms with Gasteiger partial charge >= 0.3 is 6.09 Å². The Morgan fingerprint density at radius 1 is 1.48 bits per heavy atom. The number of amides is 1. The van der Waals surface area contributed by atoms with Gasteiger partial charge in [0.1, 0.15) is 11.4 Å². The molecule has 0 unspecified atom stereocenters. The predicted octanol–water partition coefficient (Wildman–Crippen LogP) is 3.26. The van der Waals surface area contributed by atoms with Gasteiger partial charge in [-0.25, -0.2) is 18.6 Å². The van der Waals surface area contributed by atoms with Crippen molar-refractivity contribution in [2.45, 2.75) is 52.2 Å². The molecular weight excluding hydrogens is 304 g/mol. The average molecular weight is 325 g/mol. The molecule has 0 radical (unpaired) electrons. The van der Waals surface area contributed by atoms with E-state index in [0.717, 1.165) is 0 Å². The fraction of sp³-hybridized carbons (Fsp3) is 0.500. The number of hydrogen-bond donors (Lipinski definition) is 2. The lowest BCUT2D eigenvalue weighted by Crippen LogP contribution is -2.37. The Bertz CT molecular complexity index is 616. The van der Waals surface area contributed by atoms with E-state index in [-0.39, 0.29) is 17.4 Å². The number of pyridine rings is 1. The minimum Gasteiger partial charge on any atom is -0.444 e. The fourth-order valence-electron chi connectivity index (χ4n) is 1.60. The van der Waals surface area contributed by atoms with E-state index in [0.29, 0.717) is 12.0 Å². The van der Waals surface area contributed by atoms with E-state index in [4.69, 9.17) is 10.5 Å². The van der Waals surface area contributed by atoms with E-state index < -0.39 is 18.1 Å². The number of carbonyl (C=O) groups is 1. The van der Waals surface area contributed by atoms with Crippen molar-refractivity contribution in [3.8, 4) is 11.8 Å². The molecule has 1 aromatic heterocycles. The van der Waals surface area contributed by atoms with Gasteiger partial charge in [-0.15, -0.1) is 0 Å². The van der Waals surface area contributed by atoms with E-state index in [1.807, 2.05) is 0 Å². The summed E-state index contributed by atoms with van der Waals surface area (Å²) in [7, 11) is 0. The molecule has 1 rings (SSSR count). The number of aromatic nitrogens is 1. The summed E-state index contributed by atoms with van der Waals surface area (Å²) in [6, 6.07) is 0.972. The van der Waals surface area contributed by atoms with Crippen LogP contribution in [0.5, 0.6) is 0 Å². The van der Waals surface area contributed by atoms with E-state index in [1.54, 1.807) is 27.7 Å². The molecule has 0 aromatic carbocycles. The molecule has 0 fully saturated rings. The lowest BCUT2D eigenvalue weighted by molar-refractivity contribution is 0.0509. The van der Waals surface area contributed by atoms with Crippen molar-refractivity contribution >= 4 is 11.9 Å². The first-order chi connectivity index (χ1) is 10.6. The Morgan fingerprint density at radius 2 is 2.13 bits per heavy atom. The summed E-state index contributed by atoms with van der Waals surface area (Å²) in [6.07, 6.45) is -1.55. The number of nitrogens with zero attached hydrogens (tertiary/aromatic N) is 1. The van der Waals surface area contributed by atoms with Crippen molar-refractivity contribution in [1.82, 2.24) is 10.3 Å². The van der Waals surface area contributed by atoms with Crippen LogP contribution >= 0.6 is 0 Å². The molecule has 0 aliphatic heterocycles. The van der Waals surface area contributed by atoms with Gasteiger partial charge in [0.2, 0.25) is 0 Å². The maximum atomic E-state index is 12.7. The smallest absolute Gasteiger partial charge is 0.407 e.